The van der Waals surface area contributed by atoms with Crippen LogP contribution in [0, 0.1) is 15.5 Å². The van der Waals surface area contributed by atoms with Crippen LogP contribution >= 0.6 is 0 Å². The Balaban J connectivity index is 2.10. The van der Waals surface area contributed by atoms with E-state index in [1.807, 2.05) is 12.1 Å². The van der Waals surface area contributed by atoms with Crippen LogP contribution in [-0.2, 0) is 6.42 Å². The summed E-state index contributed by atoms with van der Waals surface area (Å²) in [7, 11) is 0. The Morgan fingerprint density at radius 3 is 2.68 bits per heavy atom. The normalized spacial score (nSPS) is 18.0. The Bertz CT molecular complexity index is 455. The summed E-state index contributed by atoms with van der Waals surface area (Å²) in [6, 6.07) is 7.55. The second kappa shape index (κ2) is 5.70. The van der Waals surface area contributed by atoms with Crippen LogP contribution < -0.4 is 5.32 Å². The van der Waals surface area contributed by atoms with E-state index in [9.17, 15) is 10.1 Å². The maximum absolute atomic E-state index is 11.1. The molecule has 1 saturated carbocycles. The van der Waals surface area contributed by atoms with E-state index in [1.165, 1.54) is 0 Å². The van der Waals surface area contributed by atoms with Crippen molar-refractivity contribution < 1.29 is 4.92 Å². The van der Waals surface area contributed by atoms with Gasteiger partial charge in [-0.25, -0.2) is 0 Å². The fraction of sp³-hybridized carbons (Fsp3) is 0.600. The lowest BCUT2D eigenvalue weighted by molar-refractivity contribution is -0.385. The molecular weight excluding hydrogens is 240 g/mol. The Hall–Kier alpha value is -1.42. The molecule has 0 bridgehead atoms. The number of para-hydroxylation sites is 1. The predicted octanol–water partition coefficient (Wildman–Crippen LogP) is 3.31. The van der Waals surface area contributed by atoms with Crippen LogP contribution in [0.3, 0.4) is 0 Å². The van der Waals surface area contributed by atoms with Crippen LogP contribution in [0.5, 0.6) is 0 Å². The topological polar surface area (TPSA) is 55.2 Å². The summed E-state index contributed by atoms with van der Waals surface area (Å²) in [6.45, 7) is 5.37. The van der Waals surface area contributed by atoms with Gasteiger partial charge in [0.25, 0.3) is 5.69 Å². The summed E-state index contributed by atoms with van der Waals surface area (Å²) >= 11 is 0. The van der Waals surface area contributed by atoms with E-state index in [-0.39, 0.29) is 16.0 Å². The molecule has 1 N–H and O–H groups in total. The van der Waals surface area contributed by atoms with E-state index in [1.54, 1.807) is 12.1 Å². The molecule has 4 nitrogen and oxygen atoms in total. The van der Waals surface area contributed by atoms with Crippen LogP contribution in [0.2, 0.25) is 0 Å². The third kappa shape index (κ3) is 3.13. The number of nitrogens with one attached hydrogen (secondary N) is 1. The molecule has 0 aliphatic heterocycles. The zero-order valence-corrected chi connectivity index (χ0v) is 11.7. The van der Waals surface area contributed by atoms with Gasteiger partial charge in [-0.3, -0.25) is 10.1 Å². The maximum Gasteiger partial charge on any atom is 0.272 e. The van der Waals surface area contributed by atoms with Gasteiger partial charge in [-0.15, -0.1) is 0 Å². The van der Waals surface area contributed by atoms with Crippen molar-refractivity contribution in [3.8, 4) is 0 Å². The van der Waals surface area contributed by atoms with E-state index in [0.29, 0.717) is 6.04 Å². The molecule has 1 fully saturated rings. The molecule has 1 aliphatic rings. The van der Waals surface area contributed by atoms with Gasteiger partial charge in [0.15, 0.2) is 0 Å². The monoisotopic (exact) mass is 262 g/mol. The number of rotatable bonds is 7. The molecule has 2 rings (SSSR count). The van der Waals surface area contributed by atoms with Gasteiger partial charge in [-0.2, -0.15) is 0 Å². The largest absolute Gasteiger partial charge is 0.314 e. The summed E-state index contributed by atoms with van der Waals surface area (Å²) in [5, 5.41) is 14.6. The first-order chi connectivity index (χ1) is 9.09. The van der Waals surface area contributed by atoms with Gasteiger partial charge in [0.1, 0.15) is 0 Å². The van der Waals surface area contributed by atoms with E-state index in [2.05, 4.69) is 19.2 Å². The first-order valence-electron chi connectivity index (χ1n) is 7.05. The molecule has 19 heavy (non-hydrogen) atoms. The fourth-order valence-corrected chi connectivity index (χ4v) is 2.72. The molecular formula is C15H22N2O2. The van der Waals surface area contributed by atoms with E-state index in [0.717, 1.165) is 37.8 Å². The van der Waals surface area contributed by atoms with Crippen molar-refractivity contribution in [2.45, 2.75) is 45.6 Å². The van der Waals surface area contributed by atoms with E-state index in [4.69, 9.17) is 0 Å². The van der Waals surface area contributed by atoms with Crippen LogP contribution in [0.1, 0.15) is 38.7 Å². The Morgan fingerprint density at radius 1 is 1.42 bits per heavy atom. The Labute approximate surface area is 114 Å². The minimum absolute atomic E-state index is 0.223. The van der Waals surface area contributed by atoms with Gasteiger partial charge in [0.05, 0.1) is 4.92 Å². The molecule has 0 spiro atoms. The van der Waals surface area contributed by atoms with Crippen molar-refractivity contribution in [3.63, 3.8) is 0 Å². The lowest BCUT2D eigenvalue weighted by Crippen LogP contribution is -2.36. The van der Waals surface area contributed by atoms with Gasteiger partial charge in [-0.05, 0) is 44.6 Å². The van der Waals surface area contributed by atoms with Crippen LogP contribution in [-0.4, -0.2) is 17.5 Å². The third-order valence-corrected chi connectivity index (χ3v) is 4.24. The van der Waals surface area contributed by atoms with Crippen molar-refractivity contribution in [1.82, 2.24) is 5.32 Å². The summed E-state index contributed by atoms with van der Waals surface area (Å²) in [4.78, 5) is 10.8. The number of nitro benzene ring substituents is 1. The predicted molar refractivity (Wildman–Crippen MR) is 76.2 cm³/mol. The second-order valence-electron chi connectivity index (χ2n) is 5.60. The quantitative estimate of drug-likeness (QED) is 0.606. The lowest BCUT2D eigenvalue weighted by Gasteiger charge is -2.24. The lowest BCUT2D eigenvalue weighted by atomic mass is 9.89. The van der Waals surface area contributed by atoms with Gasteiger partial charge < -0.3 is 5.32 Å². The summed E-state index contributed by atoms with van der Waals surface area (Å²) in [6.07, 6.45) is 4.25. The highest BCUT2D eigenvalue weighted by Gasteiger charge is 2.47. The number of hydrogen-bond donors (Lipinski definition) is 1. The molecule has 1 aliphatic carbocycles. The second-order valence-corrected chi connectivity index (χ2v) is 5.60. The minimum Gasteiger partial charge on any atom is -0.314 e. The Morgan fingerprint density at radius 2 is 2.11 bits per heavy atom. The summed E-state index contributed by atoms with van der Waals surface area (Å²) in [5.41, 5.74) is 1.35. The standard InChI is InChI=1S/C15H22N2O2/c1-3-10-16-12(2)15(8-9-15)11-13-6-4-5-7-14(13)17(18)19/h4-7,12,16H,3,8-11H2,1-2H3. The zero-order chi connectivity index (χ0) is 13.9. The molecule has 0 heterocycles. The molecule has 0 aromatic heterocycles. The number of nitro groups is 1. The smallest absolute Gasteiger partial charge is 0.272 e. The van der Waals surface area contributed by atoms with Crippen LogP contribution in [0.15, 0.2) is 24.3 Å². The maximum atomic E-state index is 11.1. The van der Waals surface area contributed by atoms with Gasteiger partial charge in [-0.1, -0.05) is 25.1 Å². The average molecular weight is 262 g/mol. The molecule has 0 radical (unpaired) electrons. The van der Waals surface area contributed by atoms with Crippen molar-refractivity contribution in [1.29, 1.82) is 0 Å². The first kappa shape index (κ1) is 14.0. The Kier molecular flexibility index (Phi) is 4.20. The van der Waals surface area contributed by atoms with Crippen molar-refractivity contribution in [2.75, 3.05) is 6.54 Å². The number of nitrogens with zero attached hydrogens (tertiary/aromatic N) is 1. The third-order valence-electron chi connectivity index (χ3n) is 4.24. The van der Waals surface area contributed by atoms with Crippen LogP contribution in [0.4, 0.5) is 5.69 Å². The fourth-order valence-electron chi connectivity index (χ4n) is 2.72. The SMILES string of the molecule is CCCNC(C)C1(Cc2ccccc2[N+](=O)[O-])CC1. The van der Waals surface area contributed by atoms with E-state index < -0.39 is 0 Å². The van der Waals surface area contributed by atoms with E-state index >= 15 is 0 Å². The minimum atomic E-state index is -0.268. The molecule has 1 atom stereocenters. The van der Waals surface area contributed by atoms with Crippen molar-refractivity contribution >= 4 is 5.69 Å². The number of hydrogen-bond acceptors (Lipinski definition) is 3. The first-order valence-corrected chi connectivity index (χ1v) is 7.05. The average Bonchev–Trinajstić information content (AvgIpc) is 3.17. The van der Waals surface area contributed by atoms with Gasteiger partial charge in [0, 0.05) is 17.7 Å². The molecule has 0 amide bonds. The van der Waals surface area contributed by atoms with Crippen LogP contribution in [0.25, 0.3) is 0 Å². The molecule has 1 unspecified atom stereocenters. The highest BCUT2D eigenvalue weighted by molar-refractivity contribution is 5.41. The molecule has 4 heteroatoms. The summed E-state index contributed by atoms with van der Waals surface area (Å²) < 4.78 is 0. The number of benzene rings is 1. The molecule has 0 saturated heterocycles. The molecule has 104 valence electrons. The van der Waals surface area contributed by atoms with Gasteiger partial charge >= 0.3 is 0 Å². The molecule has 1 aromatic rings. The van der Waals surface area contributed by atoms with Crippen molar-refractivity contribution in [3.05, 3.63) is 39.9 Å². The molecule has 1 aromatic carbocycles. The van der Waals surface area contributed by atoms with Gasteiger partial charge in [0.2, 0.25) is 0 Å². The van der Waals surface area contributed by atoms with Crippen molar-refractivity contribution in [2.24, 2.45) is 5.41 Å². The summed E-state index contributed by atoms with van der Waals surface area (Å²) in [5.74, 6) is 0. The highest BCUT2D eigenvalue weighted by atomic mass is 16.6. The zero-order valence-electron chi connectivity index (χ0n) is 11.7. The highest BCUT2D eigenvalue weighted by Crippen LogP contribution is 2.52.